The average Bonchev–Trinajstić information content (AvgIpc) is 3.12. The zero-order valence-electron chi connectivity index (χ0n) is 9.68. The number of nitrogens with two attached hydrogens (primary N) is 1. The summed E-state index contributed by atoms with van der Waals surface area (Å²) in [6.07, 6.45) is 3.58. The zero-order chi connectivity index (χ0) is 13.0. The molecule has 1 saturated carbocycles. The number of carbonyl (C=O) groups is 2. The van der Waals surface area contributed by atoms with Crippen LogP contribution in [-0.4, -0.2) is 28.7 Å². The fraction of sp³-hybridized carbons (Fsp3) is 0.364. The van der Waals surface area contributed by atoms with Gasteiger partial charge in [0.15, 0.2) is 0 Å². The number of hydrogen-bond acceptors (Lipinski definition) is 5. The molecule has 1 aromatic rings. The first-order valence-corrected chi connectivity index (χ1v) is 6.57. The Morgan fingerprint density at radius 1 is 1.44 bits per heavy atom. The Morgan fingerprint density at radius 2 is 2.22 bits per heavy atom. The molecule has 0 radical (unpaired) electrons. The Labute approximate surface area is 109 Å². The number of carbonyl (C=O) groups excluding carboxylic acids is 2. The van der Waals surface area contributed by atoms with Crippen LogP contribution in [0.1, 0.15) is 12.8 Å². The number of hydrogen-bond donors (Lipinski definition) is 3. The van der Waals surface area contributed by atoms with Crippen LogP contribution in [-0.2, 0) is 4.79 Å². The summed E-state index contributed by atoms with van der Waals surface area (Å²) in [6, 6.07) is 3.27. The molecule has 4 N–H and O–H groups in total. The van der Waals surface area contributed by atoms with Gasteiger partial charge in [0.2, 0.25) is 5.91 Å². The summed E-state index contributed by atoms with van der Waals surface area (Å²) in [4.78, 5) is 27.5. The number of aromatic nitrogens is 1. The van der Waals surface area contributed by atoms with E-state index in [2.05, 4.69) is 15.6 Å². The Balaban J connectivity index is 1.70. The Hall–Kier alpha value is -1.76. The van der Waals surface area contributed by atoms with Crippen LogP contribution >= 0.6 is 11.8 Å². The molecule has 18 heavy (non-hydrogen) atoms. The molecule has 0 bridgehead atoms. The van der Waals surface area contributed by atoms with Crippen molar-refractivity contribution in [1.29, 1.82) is 0 Å². The number of thioether (sulfide) groups is 1. The highest BCUT2D eigenvalue weighted by Crippen LogP contribution is 2.18. The molecule has 1 aliphatic rings. The zero-order valence-corrected chi connectivity index (χ0v) is 10.5. The number of imide groups is 1. The monoisotopic (exact) mass is 266 g/mol. The molecule has 0 aliphatic heterocycles. The average molecular weight is 266 g/mol. The fourth-order valence-electron chi connectivity index (χ4n) is 1.24. The van der Waals surface area contributed by atoms with E-state index in [4.69, 9.17) is 5.73 Å². The van der Waals surface area contributed by atoms with Gasteiger partial charge >= 0.3 is 6.03 Å². The van der Waals surface area contributed by atoms with Crippen LogP contribution in [0, 0.1) is 0 Å². The van der Waals surface area contributed by atoms with Crippen molar-refractivity contribution in [2.24, 2.45) is 0 Å². The summed E-state index contributed by atoms with van der Waals surface area (Å²) >= 11 is 1.30. The predicted octanol–water partition coefficient (Wildman–Crippen LogP) is 0.744. The minimum Gasteiger partial charge on any atom is -0.384 e. The number of amides is 3. The number of nitrogens with zero attached hydrogens (tertiary/aromatic N) is 1. The van der Waals surface area contributed by atoms with E-state index in [1.165, 1.54) is 11.8 Å². The Kier molecular flexibility index (Phi) is 4.03. The third-order valence-electron chi connectivity index (χ3n) is 2.29. The molecule has 1 aromatic heterocycles. The van der Waals surface area contributed by atoms with Crippen molar-refractivity contribution >= 4 is 29.5 Å². The van der Waals surface area contributed by atoms with E-state index in [-0.39, 0.29) is 17.7 Å². The second-order valence-corrected chi connectivity index (χ2v) is 5.05. The maximum atomic E-state index is 11.5. The van der Waals surface area contributed by atoms with E-state index < -0.39 is 6.03 Å². The van der Waals surface area contributed by atoms with Crippen molar-refractivity contribution in [2.45, 2.75) is 23.8 Å². The van der Waals surface area contributed by atoms with Gasteiger partial charge in [0.25, 0.3) is 0 Å². The first-order chi connectivity index (χ1) is 8.63. The third-order valence-corrected chi connectivity index (χ3v) is 3.28. The normalized spacial score (nSPS) is 14.0. The SMILES string of the molecule is Nc1ccc(SCC(=O)NC(=O)NC2CC2)cn1. The number of urea groups is 1. The molecular weight excluding hydrogens is 252 g/mol. The lowest BCUT2D eigenvalue weighted by Crippen LogP contribution is -2.41. The number of nitrogen functional groups attached to an aromatic ring is 1. The van der Waals surface area contributed by atoms with Crippen molar-refractivity contribution in [1.82, 2.24) is 15.6 Å². The maximum Gasteiger partial charge on any atom is 0.321 e. The van der Waals surface area contributed by atoms with Gasteiger partial charge in [-0.15, -0.1) is 11.8 Å². The van der Waals surface area contributed by atoms with Crippen molar-refractivity contribution in [3.05, 3.63) is 18.3 Å². The minimum absolute atomic E-state index is 0.170. The van der Waals surface area contributed by atoms with Crippen LogP contribution in [0.25, 0.3) is 0 Å². The van der Waals surface area contributed by atoms with Crippen molar-refractivity contribution in [3.63, 3.8) is 0 Å². The van der Waals surface area contributed by atoms with Crippen molar-refractivity contribution in [3.8, 4) is 0 Å². The molecule has 0 aromatic carbocycles. The summed E-state index contributed by atoms with van der Waals surface area (Å²) in [5.41, 5.74) is 5.45. The second-order valence-electron chi connectivity index (χ2n) is 4.00. The Morgan fingerprint density at radius 3 is 2.83 bits per heavy atom. The van der Waals surface area contributed by atoms with Gasteiger partial charge in [0.05, 0.1) is 5.75 Å². The van der Waals surface area contributed by atoms with Gasteiger partial charge in [0.1, 0.15) is 5.82 Å². The molecule has 0 spiro atoms. The highest BCUT2D eigenvalue weighted by Gasteiger charge is 2.23. The van der Waals surface area contributed by atoms with Crippen LogP contribution in [0.2, 0.25) is 0 Å². The fourth-order valence-corrected chi connectivity index (χ4v) is 1.90. The van der Waals surface area contributed by atoms with Gasteiger partial charge in [-0.3, -0.25) is 10.1 Å². The molecule has 0 atom stereocenters. The van der Waals surface area contributed by atoms with E-state index in [9.17, 15) is 9.59 Å². The van der Waals surface area contributed by atoms with E-state index in [1.807, 2.05) is 0 Å². The quantitative estimate of drug-likeness (QED) is 0.698. The maximum absolute atomic E-state index is 11.5. The second kappa shape index (κ2) is 5.72. The summed E-state index contributed by atoms with van der Waals surface area (Å²) in [5, 5.41) is 4.96. The highest BCUT2D eigenvalue weighted by atomic mass is 32.2. The van der Waals surface area contributed by atoms with Gasteiger partial charge in [-0.25, -0.2) is 9.78 Å². The molecule has 2 rings (SSSR count). The van der Waals surface area contributed by atoms with Gasteiger partial charge in [-0.1, -0.05) is 0 Å². The van der Waals surface area contributed by atoms with Crippen LogP contribution in [0.5, 0.6) is 0 Å². The van der Waals surface area contributed by atoms with Crippen molar-refractivity contribution < 1.29 is 9.59 Å². The molecule has 1 heterocycles. The standard InChI is InChI=1S/C11H14N4O2S/c12-9-4-3-8(5-13-9)18-6-10(16)15-11(17)14-7-1-2-7/h3-5,7H,1-2,6H2,(H2,12,13)(H2,14,15,16,17). The molecule has 0 unspecified atom stereocenters. The predicted molar refractivity (Wildman–Crippen MR) is 69.1 cm³/mol. The molecule has 1 fully saturated rings. The number of nitrogens with one attached hydrogen (secondary N) is 2. The van der Waals surface area contributed by atoms with Crippen molar-refractivity contribution in [2.75, 3.05) is 11.5 Å². The molecule has 0 saturated heterocycles. The molecule has 3 amide bonds. The van der Waals surface area contributed by atoms with E-state index >= 15 is 0 Å². The molecular formula is C11H14N4O2S. The van der Waals surface area contributed by atoms with Crippen LogP contribution < -0.4 is 16.4 Å². The van der Waals surface area contributed by atoms with E-state index in [0.29, 0.717) is 5.82 Å². The minimum atomic E-state index is -0.418. The lowest BCUT2D eigenvalue weighted by Gasteiger charge is -2.05. The molecule has 1 aliphatic carbocycles. The number of rotatable bonds is 4. The van der Waals surface area contributed by atoms with Gasteiger partial charge in [-0.05, 0) is 25.0 Å². The van der Waals surface area contributed by atoms with E-state index in [1.54, 1.807) is 18.3 Å². The summed E-state index contributed by atoms with van der Waals surface area (Å²) in [6.45, 7) is 0. The first kappa shape index (κ1) is 12.7. The topological polar surface area (TPSA) is 97.1 Å². The van der Waals surface area contributed by atoms with Crippen LogP contribution in [0.3, 0.4) is 0 Å². The van der Waals surface area contributed by atoms with E-state index in [0.717, 1.165) is 17.7 Å². The lowest BCUT2D eigenvalue weighted by atomic mass is 10.5. The van der Waals surface area contributed by atoms with Gasteiger partial charge < -0.3 is 11.1 Å². The van der Waals surface area contributed by atoms with Gasteiger partial charge in [0, 0.05) is 17.1 Å². The molecule has 96 valence electrons. The largest absolute Gasteiger partial charge is 0.384 e. The summed E-state index contributed by atoms with van der Waals surface area (Å²) in [5.74, 6) is 0.284. The molecule has 6 nitrogen and oxygen atoms in total. The van der Waals surface area contributed by atoms with Crippen LogP contribution in [0.15, 0.2) is 23.2 Å². The third kappa shape index (κ3) is 4.25. The number of anilines is 1. The van der Waals surface area contributed by atoms with Crippen LogP contribution in [0.4, 0.5) is 10.6 Å². The van der Waals surface area contributed by atoms with Gasteiger partial charge in [-0.2, -0.15) is 0 Å². The summed E-state index contributed by atoms with van der Waals surface area (Å²) < 4.78 is 0. The Bertz CT molecular complexity index is 445. The molecule has 7 heteroatoms. The lowest BCUT2D eigenvalue weighted by molar-refractivity contribution is -0.117. The number of pyridine rings is 1. The first-order valence-electron chi connectivity index (χ1n) is 5.58. The highest BCUT2D eigenvalue weighted by molar-refractivity contribution is 8.00. The smallest absolute Gasteiger partial charge is 0.321 e. The summed E-state index contributed by atoms with van der Waals surface area (Å²) in [7, 11) is 0.